The lowest BCUT2D eigenvalue weighted by Crippen LogP contribution is -2.50. The van der Waals surface area contributed by atoms with E-state index < -0.39 is 12.0 Å². The van der Waals surface area contributed by atoms with Gasteiger partial charge in [-0.3, -0.25) is 4.90 Å². The van der Waals surface area contributed by atoms with Crippen LogP contribution in [0.1, 0.15) is 32.6 Å². The Morgan fingerprint density at radius 1 is 1.40 bits per heavy atom. The Labute approximate surface area is 129 Å². The van der Waals surface area contributed by atoms with Crippen molar-refractivity contribution in [2.75, 3.05) is 24.3 Å². The molecule has 0 radical (unpaired) electrons. The molecule has 1 aliphatic rings. The van der Waals surface area contributed by atoms with E-state index in [-0.39, 0.29) is 11.4 Å². The Morgan fingerprint density at radius 2 is 2.15 bits per heavy atom. The first-order valence-corrected chi connectivity index (χ1v) is 9.45. The number of carbonyl (C=O) groups excluding carboxylic acids is 1. The maximum absolute atomic E-state index is 12.2. The Hall–Kier alpha value is -0.560. The van der Waals surface area contributed by atoms with Gasteiger partial charge in [0.25, 0.3) is 0 Å². The van der Waals surface area contributed by atoms with Gasteiger partial charge in [0, 0.05) is 12.3 Å². The van der Waals surface area contributed by atoms with Crippen molar-refractivity contribution in [1.29, 1.82) is 0 Å². The molecule has 0 bridgehead atoms. The summed E-state index contributed by atoms with van der Waals surface area (Å²) in [6.07, 6.45) is 6.06. The van der Waals surface area contributed by atoms with Crippen molar-refractivity contribution in [2.24, 2.45) is 0 Å². The standard InChI is InChI=1S/C13H24N2O3S2/c1-3-11-15(10(9-20-11)12(16)17)13(18)14-7-5-4-6-8-19-2/h10-11H,3-9H2,1-2H3,(H,14,18)(H,16,17). The van der Waals surface area contributed by atoms with E-state index >= 15 is 0 Å². The number of amides is 2. The van der Waals surface area contributed by atoms with E-state index in [0.717, 1.165) is 31.4 Å². The molecular formula is C13H24N2O3S2. The highest BCUT2D eigenvalue weighted by Crippen LogP contribution is 2.31. The van der Waals surface area contributed by atoms with Gasteiger partial charge in [-0.05, 0) is 31.3 Å². The van der Waals surface area contributed by atoms with E-state index in [1.54, 1.807) is 11.8 Å². The van der Waals surface area contributed by atoms with Crippen LogP contribution in [0.2, 0.25) is 0 Å². The molecule has 1 saturated heterocycles. The zero-order valence-corrected chi connectivity index (χ0v) is 13.8. The number of carboxylic acid groups (broad SMARTS) is 1. The Morgan fingerprint density at radius 3 is 2.75 bits per heavy atom. The number of unbranched alkanes of at least 4 members (excludes halogenated alkanes) is 2. The number of nitrogens with zero attached hydrogens (tertiary/aromatic N) is 1. The first-order valence-electron chi connectivity index (χ1n) is 7.01. The number of rotatable bonds is 8. The number of carbonyl (C=O) groups is 2. The maximum Gasteiger partial charge on any atom is 0.327 e. The van der Waals surface area contributed by atoms with Crippen LogP contribution in [0.15, 0.2) is 0 Å². The molecule has 0 aliphatic carbocycles. The summed E-state index contributed by atoms with van der Waals surface area (Å²) in [5.41, 5.74) is 0. The number of urea groups is 1. The molecule has 5 nitrogen and oxygen atoms in total. The quantitative estimate of drug-likeness (QED) is 0.672. The van der Waals surface area contributed by atoms with Crippen LogP contribution in [0.5, 0.6) is 0 Å². The molecule has 2 amide bonds. The number of hydrogen-bond donors (Lipinski definition) is 2. The third-order valence-electron chi connectivity index (χ3n) is 3.26. The lowest BCUT2D eigenvalue weighted by molar-refractivity contribution is -0.141. The summed E-state index contributed by atoms with van der Waals surface area (Å²) in [6.45, 7) is 2.60. The summed E-state index contributed by atoms with van der Waals surface area (Å²) >= 11 is 3.38. The first kappa shape index (κ1) is 17.5. The smallest absolute Gasteiger partial charge is 0.327 e. The van der Waals surface area contributed by atoms with Gasteiger partial charge in [0.2, 0.25) is 0 Å². The van der Waals surface area contributed by atoms with E-state index in [4.69, 9.17) is 0 Å². The molecule has 0 aromatic heterocycles. The third kappa shape index (κ3) is 5.09. The zero-order chi connectivity index (χ0) is 15.0. The van der Waals surface area contributed by atoms with Crippen molar-refractivity contribution in [3.63, 3.8) is 0 Å². The average molecular weight is 320 g/mol. The molecule has 2 N–H and O–H groups in total. The van der Waals surface area contributed by atoms with E-state index in [0.29, 0.717) is 12.3 Å². The van der Waals surface area contributed by atoms with Gasteiger partial charge in [0.1, 0.15) is 6.04 Å². The molecule has 1 heterocycles. The molecule has 2 unspecified atom stereocenters. The van der Waals surface area contributed by atoms with Gasteiger partial charge in [-0.1, -0.05) is 13.3 Å². The normalized spacial score (nSPS) is 22.0. The molecule has 0 saturated carbocycles. The van der Waals surface area contributed by atoms with Crippen molar-refractivity contribution in [1.82, 2.24) is 10.2 Å². The minimum Gasteiger partial charge on any atom is -0.480 e. The van der Waals surface area contributed by atoms with E-state index in [1.165, 1.54) is 4.90 Å². The van der Waals surface area contributed by atoms with Gasteiger partial charge in [0.15, 0.2) is 0 Å². The molecule has 116 valence electrons. The van der Waals surface area contributed by atoms with Crippen LogP contribution < -0.4 is 5.32 Å². The fourth-order valence-corrected chi connectivity index (χ4v) is 4.01. The molecule has 7 heteroatoms. The summed E-state index contributed by atoms with van der Waals surface area (Å²) in [5.74, 6) is 0.716. The molecule has 2 atom stereocenters. The van der Waals surface area contributed by atoms with Crippen molar-refractivity contribution in [2.45, 2.75) is 44.0 Å². The van der Waals surface area contributed by atoms with Gasteiger partial charge in [0.05, 0.1) is 5.37 Å². The predicted molar refractivity (Wildman–Crippen MR) is 85.4 cm³/mol. The Bertz CT molecular complexity index is 329. The molecule has 20 heavy (non-hydrogen) atoms. The zero-order valence-electron chi connectivity index (χ0n) is 12.1. The molecule has 0 spiro atoms. The largest absolute Gasteiger partial charge is 0.480 e. The Kier molecular flexibility index (Phi) is 8.21. The monoisotopic (exact) mass is 320 g/mol. The van der Waals surface area contributed by atoms with Crippen LogP contribution >= 0.6 is 23.5 Å². The summed E-state index contributed by atoms with van der Waals surface area (Å²) in [7, 11) is 0. The highest BCUT2D eigenvalue weighted by molar-refractivity contribution is 8.00. The number of hydrogen-bond acceptors (Lipinski definition) is 4. The lowest BCUT2D eigenvalue weighted by atomic mass is 10.2. The van der Waals surface area contributed by atoms with Gasteiger partial charge < -0.3 is 10.4 Å². The van der Waals surface area contributed by atoms with Crippen LogP contribution in [0.4, 0.5) is 4.79 Å². The second-order valence-corrected chi connectivity index (χ2v) is 6.94. The van der Waals surface area contributed by atoms with E-state index in [9.17, 15) is 14.7 Å². The minimum atomic E-state index is -0.913. The van der Waals surface area contributed by atoms with Crippen LogP contribution in [0, 0.1) is 0 Å². The van der Waals surface area contributed by atoms with E-state index in [1.807, 2.05) is 18.7 Å². The van der Waals surface area contributed by atoms with Crippen LogP contribution in [0.25, 0.3) is 0 Å². The number of nitrogens with one attached hydrogen (secondary N) is 1. The van der Waals surface area contributed by atoms with Gasteiger partial charge in [-0.2, -0.15) is 11.8 Å². The fraction of sp³-hybridized carbons (Fsp3) is 0.846. The number of thioether (sulfide) groups is 2. The van der Waals surface area contributed by atoms with Crippen molar-refractivity contribution in [3.05, 3.63) is 0 Å². The van der Waals surface area contributed by atoms with Crippen LogP contribution in [-0.4, -0.2) is 57.7 Å². The lowest BCUT2D eigenvalue weighted by Gasteiger charge is -2.26. The van der Waals surface area contributed by atoms with Crippen LogP contribution in [-0.2, 0) is 4.79 Å². The molecule has 1 rings (SSSR count). The summed E-state index contributed by atoms with van der Waals surface area (Å²) < 4.78 is 0. The van der Waals surface area contributed by atoms with Crippen molar-refractivity contribution < 1.29 is 14.7 Å². The SMILES string of the molecule is CCC1SCC(C(=O)O)N1C(=O)NCCCCCSC. The van der Waals surface area contributed by atoms with Gasteiger partial charge >= 0.3 is 12.0 Å². The molecule has 1 fully saturated rings. The number of carboxylic acids is 1. The average Bonchev–Trinajstić information content (AvgIpc) is 2.86. The summed E-state index contributed by atoms with van der Waals surface area (Å²) in [4.78, 5) is 24.8. The minimum absolute atomic E-state index is 0.0207. The number of aliphatic carboxylic acids is 1. The maximum atomic E-state index is 12.2. The second-order valence-electron chi connectivity index (χ2n) is 4.74. The highest BCUT2D eigenvalue weighted by atomic mass is 32.2. The van der Waals surface area contributed by atoms with Crippen LogP contribution in [0.3, 0.4) is 0 Å². The molecule has 0 aromatic carbocycles. The molecule has 1 aliphatic heterocycles. The first-order chi connectivity index (χ1) is 9.61. The Balaban J connectivity index is 2.37. The summed E-state index contributed by atoms with van der Waals surface area (Å²) in [5, 5.41) is 12.0. The van der Waals surface area contributed by atoms with Gasteiger partial charge in [-0.25, -0.2) is 9.59 Å². The topological polar surface area (TPSA) is 69.6 Å². The fourth-order valence-electron chi connectivity index (χ4n) is 2.18. The summed E-state index contributed by atoms with van der Waals surface area (Å²) in [6, 6.07) is -0.930. The highest BCUT2D eigenvalue weighted by Gasteiger charge is 2.40. The van der Waals surface area contributed by atoms with Crippen molar-refractivity contribution in [3.8, 4) is 0 Å². The molecule has 0 aromatic rings. The van der Waals surface area contributed by atoms with Crippen molar-refractivity contribution >= 4 is 35.5 Å². The second kappa shape index (κ2) is 9.39. The van der Waals surface area contributed by atoms with Gasteiger partial charge in [-0.15, -0.1) is 11.8 Å². The predicted octanol–water partition coefficient (Wildman–Crippen LogP) is 2.47. The third-order valence-corrected chi connectivity index (χ3v) is 5.41. The molecular weight excluding hydrogens is 296 g/mol. The van der Waals surface area contributed by atoms with E-state index in [2.05, 4.69) is 11.6 Å².